The van der Waals surface area contributed by atoms with E-state index in [9.17, 15) is 9.59 Å². The Labute approximate surface area is 172 Å². The SMILES string of the molecule is Cc1ccc(NC(=O)[C@@H](C)Oc2ccc3c(c2)CCCC3)cc1N1CCCC1=O. The van der Waals surface area contributed by atoms with Crippen LogP contribution in [-0.4, -0.2) is 24.5 Å². The van der Waals surface area contributed by atoms with E-state index >= 15 is 0 Å². The largest absolute Gasteiger partial charge is 0.481 e. The number of amides is 2. The quantitative estimate of drug-likeness (QED) is 0.820. The third-order valence-electron chi connectivity index (χ3n) is 5.84. The van der Waals surface area contributed by atoms with Gasteiger partial charge >= 0.3 is 0 Å². The summed E-state index contributed by atoms with van der Waals surface area (Å²) in [6.45, 7) is 4.47. The van der Waals surface area contributed by atoms with Gasteiger partial charge in [-0.3, -0.25) is 9.59 Å². The molecule has 4 rings (SSSR count). The zero-order chi connectivity index (χ0) is 20.4. The Hall–Kier alpha value is -2.82. The highest BCUT2D eigenvalue weighted by atomic mass is 16.5. The van der Waals surface area contributed by atoms with Crippen molar-refractivity contribution >= 4 is 23.2 Å². The van der Waals surface area contributed by atoms with Crippen LogP contribution in [0.2, 0.25) is 0 Å². The summed E-state index contributed by atoms with van der Waals surface area (Å²) < 4.78 is 5.91. The molecule has 1 aliphatic heterocycles. The molecule has 0 saturated carbocycles. The number of carbonyl (C=O) groups is 2. The van der Waals surface area contributed by atoms with Crippen molar-refractivity contribution < 1.29 is 14.3 Å². The normalized spacial score (nSPS) is 17.0. The third kappa shape index (κ3) is 4.29. The molecular weight excluding hydrogens is 364 g/mol. The summed E-state index contributed by atoms with van der Waals surface area (Å²) in [4.78, 5) is 26.6. The smallest absolute Gasteiger partial charge is 0.265 e. The predicted octanol–water partition coefficient (Wildman–Crippen LogP) is 4.41. The number of aryl methyl sites for hydroxylation is 3. The monoisotopic (exact) mass is 392 g/mol. The van der Waals surface area contributed by atoms with Crippen LogP contribution in [0.25, 0.3) is 0 Å². The Morgan fingerprint density at radius 1 is 1.03 bits per heavy atom. The van der Waals surface area contributed by atoms with Crippen LogP contribution in [0, 0.1) is 6.92 Å². The Kier molecular flexibility index (Phi) is 5.56. The summed E-state index contributed by atoms with van der Waals surface area (Å²) in [6, 6.07) is 11.8. The number of nitrogens with zero attached hydrogens (tertiary/aromatic N) is 1. The van der Waals surface area contributed by atoms with Crippen LogP contribution in [-0.2, 0) is 22.4 Å². The molecule has 1 heterocycles. The summed E-state index contributed by atoms with van der Waals surface area (Å²) in [5.74, 6) is 0.673. The Morgan fingerprint density at radius 2 is 1.83 bits per heavy atom. The molecule has 1 aliphatic carbocycles. The molecule has 2 aromatic carbocycles. The van der Waals surface area contributed by atoms with E-state index in [1.165, 1.54) is 24.0 Å². The number of benzene rings is 2. The van der Waals surface area contributed by atoms with Crippen molar-refractivity contribution in [2.75, 3.05) is 16.8 Å². The number of fused-ring (bicyclic) bond motifs is 1. The first kappa shape index (κ1) is 19.5. The number of nitrogens with one attached hydrogen (secondary N) is 1. The van der Waals surface area contributed by atoms with Crippen molar-refractivity contribution in [3.8, 4) is 5.75 Å². The van der Waals surface area contributed by atoms with Crippen molar-refractivity contribution in [2.45, 2.75) is 58.5 Å². The van der Waals surface area contributed by atoms with E-state index in [1.807, 2.05) is 31.2 Å². The molecule has 1 atom stereocenters. The summed E-state index contributed by atoms with van der Waals surface area (Å²) in [5, 5.41) is 2.93. The van der Waals surface area contributed by atoms with Crippen LogP contribution in [0.4, 0.5) is 11.4 Å². The molecule has 1 fully saturated rings. The highest BCUT2D eigenvalue weighted by Crippen LogP contribution is 2.29. The second kappa shape index (κ2) is 8.27. The molecule has 2 amide bonds. The second-order valence-corrected chi connectivity index (χ2v) is 8.04. The van der Waals surface area contributed by atoms with E-state index in [0.717, 1.165) is 42.8 Å². The number of carbonyl (C=O) groups excluding carboxylic acids is 2. The van der Waals surface area contributed by atoms with Crippen LogP contribution in [0.1, 0.15) is 49.3 Å². The lowest BCUT2D eigenvalue weighted by Crippen LogP contribution is -2.30. The van der Waals surface area contributed by atoms with Crippen LogP contribution in [0.5, 0.6) is 5.75 Å². The van der Waals surface area contributed by atoms with Crippen LogP contribution in [0.3, 0.4) is 0 Å². The Morgan fingerprint density at radius 3 is 2.59 bits per heavy atom. The van der Waals surface area contributed by atoms with E-state index in [1.54, 1.807) is 11.8 Å². The molecule has 0 unspecified atom stereocenters. The molecule has 0 bridgehead atoms. The van der Waals surface area contributed by atoms with Crippen molar-refractivity contribution in [1.29, 1.82) is 0 Å². The number of rotatable bonds is 5. The standard InChI is InChI=1S/C24H28N2O3/c1-16-9-11-20(15-22(16)26-13-5-8-23(26)27)25-24(28)17(2)29-21-12-10-18-6-3-4-7-19(18)14-21/h9-12,14-15,17H,3-8,13H2,1-2H3,(H,25,28)/t17-/m1/s1. The second-order valence-electron chi connectivity index (χ2n) is 8.04. The molecule has 0 spiro atoms. The maximum atomic E-state index is 12.7. The molecule has 29 heavy (non-hydrogen) atoms. The molecule has 5 heteroatoms. The topological polar surface area (TPSA) is 58.6 Å². The van der Waals surface area contributed by atoms with Gasteiger partial charge in [0, 0.05) is 24.3 Å². The lowest BCUT2D eigenvalue weighted by molar-refractivity contribution is -0.122. The Balaban J connectivity index is 1.43. The van der Waals surface area contributed by atoms with Crippen molar-refractivity contribution in [1.82, 2.24) is 0 Å². The fraction of sp³-hybridized carbons (Fsp3) is 0.417. The molecule has 2 aliphatic rings. The van der Waals surface area contributed by atoms with Gasteiger partial charge in [0.2, 0.25) is 5.91 Å². The van der Waals surface area contributed by atoms with Crippen LogP contribution in [0.15, 0.2) is 36.4 Å². The van der Waals surface area contributed by atoms with Gasteiger partial charge in [0.1, 0.15) is 5.75 Å². The zero-order valence-electron chi connectivity index (χ0n) is 17.2. The summed E-state index contributed by atoms with van der Waals surface area (Å²) in [6.07, 6.45) is 5.50. The maximum Gasteiger partial charge on any atom is 0.265 e. The van der Waals surface area contributed by atoms with E-state index in [2.05, 4.69) is 17.4 Å². The maximum absolute atomic E-state index is 12.7. The van der Waals surface area contributed by atoms with E-state index < -0.39 is 6.10 Å². The summed E-state index contributed by atoms with van der Waals surface area (Å²) >= 11 is 0. The van der Waals surface area contributed by atoms with E-state index in [4.69, 9.17) is 4.74 Å². The highest BCUT2D eigenvalue weighted by Gasteiger charge is 2.24. The zero-order valence-corrected chi connectivity index (χ0v) is 17.2. The van der Waals surface area contributed by atoms with E-state index in [0.29, 0.717) is 12.1 Å². The third-order valence-corrected chi connectivity index (χ3v) is 5.84. The van der Waals surface area contributed by atoms with Gasteiger partial charge in [-0.25, -0.2) is 0 Å². The minimum atomic E-state index is -0.616. The molecule has 2 aromatic rings. The van der Waals surface area contributed by atoms with Crippen LogP contribution < -0.4 is 15.0 Å². The van der Waals surface area contributed by atoms with Gasteiger partial charge in [-0.1, -0.05) is 12.1 Å². The number of ether oxygens (including phenoxy) is 1. The number of hydrogen-bond acceptors (Lipinski definition) is 3. The van der Waals surface area contributed by atoms with Gasteiger partial charge in [0.15, 0.2) is 6.10 Å². The van der Waals surface area contributed by atoms with Gasteiger partial charge in [-0.05, 0) is 86.9 Å². The first-order valence-electron chi connectivity index (χ1n) is 10.5. The molecule has 152 valence electrons. The van der Waals surface area contributed by atoms with Gasteiger partial charge in [-0.2, -0.15) is 0 Å². The minimum absolute atomic E-state index is 0.140. The number of hydrogen-bond donors (Lipinski definition) is 1. The first-order valence-corrected chi connectivity index (χ1v) is 10.5. The first-order chi connectivity index (χ1) is 14.0. The van der Waals surface area contributed by atoms with Gasteiger partial charge in [-0.15, -0.1) is 0 Å². The van der Waals surface area contributed by atoms with Gasteiger partial charge in [0.25, 0.3) is 5.91 Å². The Bertz CT molecular complexity index is 938. The molecule has 5 nitrogen and oxygen atoms in total. The summed E-state index contributed by atoms with van der Waals surface area (Å²) in [5.41, 5.74) is 5.30. The predicted molar refractivity (Wildman–Crippen MR) is 115 cm³/mol. The van der Waals surface area contributed by atoms with Gasteiger partial charge in [0.05, 0.1) is 0 Å². The summed E-state index contributed by atoms with van der Waals surface area (Å²) in [7, 11) is 0. The molecular formula is C24H28N2O3. The van der Waals surface area contributed by atoms with Crippen molar-refractivity contribution in [3.05, 3.63) is 53.1 Å². The lowest BCUT2D eigenvalue weighted by Gasteiger charge is -2.21. The lowest BCUT2D eigenvalue weighted by atomic mass is 9.92. The fourth-order valence-electron chi connectivity index (χ4n) is 4.17. The minimum Gasteiger partial charge on any atom is -0.481 e. The average Bonchev–Trinajstić information content (AvgIpc) is 3.15. The highest BCUT2D eigenvalue weighted by molar-refractivity contribution is 5.98. The van der Waals surface area contributed by atoms with Crippen molar-refractivity contribution in [3.63, 3.8) is 0 Å². The fourth-order valence-corrected chi connectivity index (χ4v) is 4.17. The van der Waals surface area contributed by atoms with E-state index in [-0.39, 0.29) is 11.8 Å². The molecule has 1 saturated heterocycles. The van der Waals surface area contributed by atoms with Crippen molar-refractivity contribution in [2.24, 2.45) is 0 Å². The number of anilines is 2. The van der Waals surface area contributed by atoms with Crippen LogP contribution >= 0.6 is 0 Å². The molecule has 1 N–H and O–H groups in total. The van der Waals surface area contributed by atoms with Gasteiger partial charge < -0.3 is 15.0 Å². The molecule has 0 radical (unpaired) electrons. The average molecular weight is 392 g/mol. The molecule has 0 aromatic heterocycles.